The van der Waals surface area contributed by atoms with Gasteiger partial charge in [0.25, 0.3) is 5.56 Å². The largest absolute Gasteiger partial charge is 0.491 e. The first kappa shape index (κ1) is 12.2. The van der Waals surface area contributed by atoms with Crippen LogP contribution < -0.4 is 10.3 Å². The van der Waals surface area contributed by atoms with Gasteiger partial charge in [-0.2, -0.15) is 5.26 Å². The third kappa shape index (κ3) is 2.51. The summed E-state index contributed by atoms with van der Waals surface area (Å²) in [5.41, 5.74) is 1.02. The van der Waals surface area contributed by atoms with Crippen LogP contribution in [0.4, 0.5) is 0 Å². The molecule has 0 saturated heterocycles. The molecule has 2 rings (SSSR count). The summed E-state index contributed by atoms with van der Waals surface area (Å²) in [6, 6.07) is 9.22. The van der Waals surface area contributed by atoms with Crippen molar-refractivity contribution in [1.82, 2.24) is 4.98 Å². The molecule has 92 valence electrons. The molecule has 1 heterocycles. The van der Waals surface area contributed by atoms with Gasteiger partial charge in [-0.05, 0) is 38.1 Å². The van der Waals surface area contributed by atoms with E-state index in [0.717, 1.165) is 16.7 Å². The summed E-state index contributed by atoms with van der Waals surface area (Å²) < 4.78 is 5.60. The number of pyridine rings is 1. The van der Waals surface area contributed by atoms with Gasteiger partial charge in [-0.3, -0.25) is 4.79 Å². The van der Waals surface area contributed by atoms with Crippen LogP contribution in [0.3, 0.4) is 0 Å². The first-order valence-electron chi connectivity index (χ1n) is 5.79. The average molecular weight is 242 g/mol. The second-order valence-corrected chi connectivity index (χ2v) is 4.37. The highest BCUT2D eigenvalue weighted by Crippen LogP contribution is 2.20. The molecular weight excluding hydrogens is 228 g/mol. The third-order valence-electron chi connectivity index (χ3n) is 2.53. The van der Waals surface area contributed by atoms with E-state index >= 15 is 0 Å². The van der Waals surface area contributed by atoms with Crippen molar-refractivity contribution in [2.45, 2.75) is 26.4 Å². The molecular formula is C14H14N2O2. The lowest BCUT2D eigenvalue weighted by Crippen LogP contribution is -2.12. The van der Waals surface area contributed by atoms with Crippen LogP contribution in [-0.4, -0.2) is 11.1 Å². The van der Waals surface area contributed by atoms with Gasteiger partial charge < -0.3 is 9.72 Å². The highest BCUT2D eigenvalue weighted by Gasteiger charge is 2.04. The van der Waals surface area contributed by atoms with Crippen LogP contribution in [0.2, 0.25) is 0 Å². The minimum atomic E-state index is -0.207. The lowest BCUT2D eigenvalue weighted by molar-refractivity contribution is 0.243. The first-order valence-corrected chi connectivity index (χ1v) is 5.79. The summed E-state index contributed by atoms with van der Waals surface area (Å²) in [7, 11) is 0. The van der Waals surface area contributed by atoms with Gasteiger partial charge in [0, 0.05) is 16.5 Å². The van der Waals surface area contributed by atoms with Crippen LogP contribution in [-0.2, 0) is 6.42 Å². The van der Waals surface area contributed by atoms with Crippen molar-refractivity contribution in [3.05, 3.63) is 40.2 Å². The summed E-state index contributed by atoms with van der Waals surface area (Å²) in [5.74, 6) is 0.757. The number of nitriles is 1. The van der Waals surface area contributed by atoms with Crippen LogP contribution >= 0.6 is 0 Å². The number of H-pyrrole nitrogens is 1. The molecule has 0 spiro atoms. The topological polar surface area (TPSA) is 65.9 Å². The zero-order valence-corrected chi connectivity index (χ0v) is 10.4. The van der Waals surface area contributed by atoms with Crippen LogP contribution in [0, 0.1) is 11.3 Å². The van der Waals surface area contributed by atoms with E-state index in [0.29, 0.717) is 5.56 Å². The maximum atomic E-state index is 11.6. The number of benzene rings is 1. The molecule has 18 heavy (non-hydrogen) atoms. The highest BCUT2D eigenvalue weighted by molar-refractivity contribution is 5.80. The van der Waals surface area contributed by atoms with E-state index in [1.54, 1.807) is 6.07 Å². The zero-order valence-electron chi connectivity index (χ0n) is 10.4. The van der Waals surface area contributed by atoms with Gasteiger partial charge in [-0.15, -0.1) is 0 Å². The van der Waals surface area contributed by atoms with E-state index in [1.807, 2.05) is 38.1 Å². The summed E-state index contributed by atoms with van der Waals surface area (Å²) in [5, 5.41) is 9.54. The van der Waals surface area contributed by atoms with Crippen molar-refractivity contribution in [3.63, 3.8) is 0 Å². The smallest absolute Gasteiger partial charge is 0.252 e. The summed E-state index contributed by atoms with van der Waals surface area (Å²) in [4.78, 5) is 14.4. The molecule has 0 aliphatic heterocycles. The van der Waals surface area contributed by atoms with Crippen LogP contribution in [0.15, 0.2) is 29.1 Å². The Balaban J connectivity index is 2.51. The number of rotatable bonds is 3. The Hall–Kier alpha value is -2.28. The van der Waals surface area contributed by atoms with Gasteiger partial charge in [0.15, 0.2) is 0 Å². The fraction of sp³-hybridized carbons (Fsp3) is 0.286. The molecule has 0 amide bonds. The van der Waals surface area contributed by atoms with Gasteiger partial charge in [0.05, 0.1) is 18.6 Å². The fourth-order valence-electron chi connectivity index (χ4n) is 1.79. The molecule has 0 fully saturated rings. The molecule has 1 aromatic heterocycles. The number of nitrogens with zero attached hydrogens (tertiary/aromatic N) is 1. The van der Waals surface area contributed by atoms with Gasteiger partial charge in [0.2, 0.25) is 0 Å². The number of fused-ring (bicyclic) bond motifs is 1. The molecule has 0 unspecified atom stereocenters. The normalized spacial score (nSPS) is 10.6. The minimum absolute atomic E-state index is 0.101. The Labute approximate surface area is 105 Å². The molecule has 1 aromatic carbocycles. The molecule has 2 aromatic rings. The second kappa shape index (κ2) is 4.92. The maximum Gasteiger partial charge on any atom is 0.252 e. The molecule has 1 N–H and O–H groups in total. The third-order valence-corrected chi connectivity index (χ3v) is 2.53. The Bertz CT molecular complexity index is 666. The lowest BCUT2D eigenvalue weighted by Gasteiger charge is -2.10. The van der Waals surface area contributed by atoms with Crippen molar-refractivity contribution < 1.29 is 4.74 Å². The second-order valence-electron chi connectivity index (χ2n) is 4.37. The van der Waals surface area contributed by atoms with E-state index in [-0.39, 0.29) is 18.1 Å². The number of hydrogen-bond donors (Lipinski definition) is 1. The Kier molecular flexibility index (Phi) is 3.33. The zero-order chi connectivity index (χ0) is 13.1. The van der Waals surface area contributed by atoms with E-state index in [1.165, 1.54) is 0 Å². The maximum absolute atomic E-state index is 11.6. The fourth-order valence-corrected chi connectivity index (χ4v) is 1.79. The van der Waals surface area contributed by atoms with Gasteiger partial charge in [-0.25, -0.2) is 0 Å². The summed E-state index contributed by atoms with van der Waals surface area (Å²) in [6.45, 7) is 3.91. The Morgan fingerprint density at radius 1 is 1.39 bits per heavy atom. The monoisotopic (exact) mass is 242 g/mol. The number of hydrogen-bond acceptors (Lipinski definition) is 3. The van der Waals surface area contributed by atoms with Gasteiger partial charge in [-0.1, -0.05) is 0 Å². The average Bonchev–Trinajstić information content (AvgIpc) is 2.30. The number of aromatic nitrogens is 1. The molecule has 0 radical (unpaired) electrons. The summed E-state index contributed by atoms with van der Waals surface area (Å²) in [6.07, 6.45) is 0.212. The lowest BCUT2D eigenvalue weighted by atomic mass is 10.1. The molecule has 0 atom stereocenters. The molecule has 4 heteroatoms. The predicted molar refractivity (Wildman–Crippen MR) is 69.6 cm³/mol. The Morgan fingerprint density at radius 3 is 2.83 bits per heavy atom. The molecule has 0 aliphatic carbocycles. The molecule has 0 saturated carbocycles. The van der Waals surface area contributed by atoms with Crippen molar-refractivity contribution in [1.29, 1.82) is 5.26 Å². The minimum Gasteiger partial charge on any atom is -0.491 e. The van der Waals surface area contributed by atoms with E-state index < -0.39 is 0 Å². The predicted octanol–water partition coefficient (Wildman–Crippen LogP) is 2.38. The SMILES string of the molecule is CC(C)Oc1ccc2[nH]c(=O)c(CC#N)cc2c1. The van der Waals surface area contributed by atoms with Crippen LogP contribution in [0.25, 0.3) is 10.9 Å². The molecule has 0 bridgehead atoms. The van der Waals surface area contributed by atoms with Gasteiger partial charge in [0.1, 0.15) is 5.75 Å². The highest BCUT2D eigenvalue weighted by atomic mass is 16.5. The molecule has 4 nitrogen and oxygen atoms in total. The van der Waals surface area contributed by atoms with Crippen molar-refractivity contribution in [3.8, 4) is 11.8 Å². The van der Waals surface area contributed by atoms with E-state index in [2.05, 4.69) is 4.98 Å². The Morgan fingerprint density at radius 2 is 2.17 bits per heavy atom. The number of aromatic amines is 1. The quantitative estimate of drug-likeness (QED) is 0.898. The van der Waals surface area contributed by atoms with Gasteiger partial charge >= 0.3 is 0 Å². The van der Waals surface area contributed by atoms with Crippen LogP contribution in [0.1, 0.15) is 19.4 Å². The van der Waals surface area contributed by atoms with E-state index in [9.17, 15) is 4.79 Å². The summed E-state index contributed by atoms with van der Waals surface area (Å²) >= 11 is 0. The van der Waals surface area contributed by atoms with Crippen LogP contribution in [0.5, 0.6) is 5.75 Å². The molecule has 0 aliphatic rings. The number of nitrogens with one attached hydrogen (secondary N) is 1. The van der Waals surface area contributed by atoms with Crippen molar-refractivity contribution >= 4 is 10.9 Å². The van der Waals surface area contributed by atoms with E-state index in [4.69, 9.17) is 10.00 Å². The van der Waals surface area contributed by atoms with Crippen molar-refractivity contribution in [2.24, 2.45) is 0 Å². The standard InChI is InChI=1S/C14H14N2O2/c1-9(2)18-12-3-4-13-11(8-12)7-10(5-6-15)14(17)16-13/h3-4,7-9H,5H2,1-2H3,(H,16,17). The number of ether oxygens (including phenoxy) is 1. The first-order chi connectivity index (χ1) is 8.60. The van der Waals surface area contributed by atoms with Crippen molar-refractivity contribution in [2.75, 3.05) is 0 Å².